The molecule has 4 rings (SSSR count). The Bertz CT molecular complexity index is 1340. The van der Waals surface area contributed by atoms with Gasteiger partial charge in [0.15, 0.2) is 4.80 Å². The zero-order valence-corrected chi connectivity index (χ0v) is 19.3. The molecule has 1 aromatic carbocycles. The summed E-state index contributed by atoms with van der Waals surface area (Å²) in [6, 6.07) is 8.77. The lowest BCUT2D eigenvalue weighted by Crippen LogP contribution is -2.39. The van der Waals surface area contributed by atoms with Gasteiger partial charge in [0, 0.05) is 4.88 Å². The van der Waals surface area contributed by atoms with Crippen molar-refractivity contribution in [3.05, 3.63) is 82.7 Å². The van der Waals surface area contributed by atoms with Crippen LogP contribution < -0.4 is 19.6 Å². The molecule has 3 heterocycles. The third kappa shape index (κ3) is 3.88. The van der Waals surface area contributed by atoms with Gasteiger partial charge in [0.05, 0.1) is 35.6 Å². The Hall–Kier alpha value is -2.97. The first-order chi connectivity index (χ1) is 14.9. The predicted molar refractivity (Wildman–Crippen MR) is 122 cm³/mol. The quantitative estimate of drug-likeness (QED) is 0.556. The summed E-state index contributed by atoms with van der Waals surface area (Å²) in [5.41, 5.74) is 2.66. The number of esters is 1. The minimum Gasteiger partial charge on any atom is -0.497 e. The van der Waals surface area contributed by atoms with Crippen molar-refractivity contribution in [2.45, 2.75) is 26.8 Å². The van der Waals surface area contributed by atoms with E-state index in [0.29, 0.717) is 26.4 Å². The number of hydrogen-bond acceptors (Lipinski definition) is 7. The van der Waals surface area contributed by atoms with Crippen LogP contribution in [0.5, 0.6) is 5.75 Å². The van der Waals surface area contributed by atoms with E-state index in [0.717, 1.165) is 16.0 Å². The number of methoxy groups -OCH3 is 1. The molecule has 0 radical (unpaired) electrons. The lowest BCUT2D eigenvalue weighted by Gasteiger charge is -2.24. The summed E-state index contributed by atoms with van der Waals surface area (Å²) in [5.74, 6) is 0.232. The van der Waals surface area contributed by atoms with Gasteiger partial charge in [-0.05, 0) is 61.6 Å². The van der Waals surface area contributed by atoms with Crippen LogP contribution in [0, 0.1) is 6.92 Å². The molecule has 0 saturated heterocycles. The van der Waals surface area contributed by atoms with Crippen LogP contribution in [0.1, 0.15) is 35.9 Å². The highest BCUT2D eigenvalue weighted by molar-refractivity contribution is 7.11. The van der Waals surface area contributed by atoms with Crippen LogP contribution in [0.15, 0.2) is 56.8 Å². The van der Waals surface area contributed by atoms with E-state index in [9.17, 15) is 9.59 Å². The van der Waals surface area contributed by atoms with Crippen molar-refractivity contribution >= 4 is 34.7 Å². The zero-order chi connectivity index (χ0) is 22.1. The number of fused-ring (bicyclic) bond motifs is 1. The van der Waals surface area contributed by atoms with E-state index in [1.165, 1.54) is 11.3 Å². The van der Waals surface area contributed by atoms with Gasteiger partial charge in [-0.2, -0.15) is 0 Å². The van der Waals surface area contributed by atoms with Crippen molar-refractivity contribution < 1.29 is 14.3 Å². The molecule has 2 aromatic heterocycles. The van der Waals surface area contributed by atoms with Crippen LogP contribution in [0.25, 0.3) is 6.08 Å². The fourth-order valence-corrected chi connectivity index (χ4v) is 5.51. The first kappa shape index (κ1) is 21.3. The van der Waals surface area contributed by atoms with Crippen LogP contribution >= 0.6 is 22.7 Å². The van der Waals surface area contributed by atoms with Gasteiger partial charge in [0.2, 0.25) is 0 Å². The minimum atomic E-state index is -0.618. The molecule has 1 aliphatic rings. The summed E-state index contributed by atoms with van der Waals surface area (Å²) < 4.78 is 12.8. The Morgan fingerprint density at radius 1 is 1.23 bits per heavy atom. The smallest absolute Gasteiger partial charge is 0.338 e. The molecule has 31 heavy (non-hydrogen) atoms. The van der Waals surface area contributed by atoms with Crippen LogP contribution in [0.3, 0.4) is 0 Å². The summed E-state index contributed by atoms with van der Waals surface area (Å²) in [6.45, 7) is 5.80. The highest BCUT2D eigenvalue weighted by atomic mass is 32.1. The number of rotatable bonds is 5. The van der Waals surface area contributed by atoms with Crippen molar-refractivity contribution in [2.75, 3.05) is 13.7 Å². The number of ether oxygens (including phenoxy) is 2. The van der Waals surface area contributed by atoms with Gasteiger partial charge in [-0.15, -0.1) is 11.3 Å². The van der Waals surface area contributed by atoms with Gasteiger partial charge >= 0.3 is 5.97 Å². The van der Waals surface area contributed by atoms with Crippen molar-refractivity contribution in [1.82, 2.24) is 4.57 Å². The summed E-state index contributed by atoms with van der Waals surface area (Å²) in [5, 5.41) is 2.00. The topological polar surface area (TPSA) is 69.9 Å². The number of aryl methyl sites for hydroxylation is 1. The van der Waals surface area contributed by atoms with E-state index in [4.69, 9.17) is 9.47 Å². The number of thiazole rings is 1. The van der Waals surface area contributed by atoms with E-state index in [1.54, 1.807) is 36.9 Å². The Morgan fingerprint density at radius 2 is 1.97 bits per heavy atom. The van der Waals surface area contributed by atoms with E-state index < -0.39 is 12.0 Å². The first-order valence-electron chi connectivity index (χ1n) is 9.82. The maximum Gasteiger partial charge on any atom is 0.338 e. The molecule has 0 aliphatic carbocycles. The fourth-order valence-electron chi connectivity index (χ4n) is 3.54. The van der Waals surface area contributed by atoms with Crippen molar-refractivity contribution in [3.8, 4) is 5.75 Å². The second-order valence-corrected chi connectivity index (χ2v) is 9.00. The second-order valence-electron chi connectivity index (χ2n) is 7.04. The Labute approximate surface area is 187 Å². The van der Waals surface area contributed by atoms with Crippen LogP contribution in [0.4, 0.5) is 0 Å². The lowest BCUT2D eigenvalue weighted by molar-refractivity contribution is -0.139. The number of hydrogen-bond donors (Lipinski definition) is 0. The molecule has 6 nitrogen and oxygen atoms in total. The number of carbonyl (C=O) groups excluding carboxylic acids is 1. The van der Waals surface area contributed by atoms with E-state index in [2.05, 4.69) is 4.99 Å². The van der Waals surface area contributed by atoms with Crippen LogP contribution in [0.2, 0.25) is 0 Å². The van der Waals surface area contributed by atoms with E-state index in [-0.39, 0.29) is 12.2 Å². The molecule has 8 heteroatoms. The molecule has 0 unspecified atom stereocenters. The Kier molecular flexibility index (Phi) is 5.93. The van der Waals surface area contributed by atoms with Gasteiger partial charge in [-0.25, -0.2) is 9.79 Å². The summed E-state index contributed by atoms with van der Waals surface area (Å²) >= 11 is 2.92. The molecular formula is C23H22N2O4S2. The number of carbonyl (C=O) groups is 1. The van der Waals surface area contributed by atoms with E-state index >= 15 is 0 Å². The number of allylic oxidation sites excluding steroid dienone is 1. The largest absolute Gasteiger partial charge is 0.497 e. The molecular weight excluding hydrogens is 432 g/mol. The monoisotopic (exact) mass is 454 g/mol. The number of nitrogens with zero attached hydrogens (tertiary/aromatic N) is 2. The van der Waals surface area contributed by atoms with Gasteiger partial charge < -0.3 is 9.47 Å². The van der Waals surface area contributed by atoms with Gasteiger partial charge in [-0.3, -0.25) is 9.36 Å². The van der Waals surface area contributed by atoms with Gasteiger partial charge in [0.25, 0.3) is 5.56 Å². The molecule has 1 atom stereocenters. The molecule has 1 aliphatic heterocycles. The van der Waals surface area contributed by atoms with Crippen molar-refractivity contribution in [2.24, 2.45) is 4.99 Å². The van der Waals surface area contributed by atoms with Crippen molar-refractivity contribution in [3.63, 3.8) is 0 Å². The highest BCUT2D eigenvalue weighted by Crippen LogP contribution is 2.31. The molecule has 3 aromatic rings. The molecule has 0 N–H and O–H groups in total. The zero-order valence-electron chi connectivity index (χ0n) is 17.7. The number of thiophene rings is 1. The minimum absolute atomic E-state index is 0.174. The normalized spacial score (nSPS) is 16.1. The van der Waals surface area contributed by atoms with Crippen molar-refractivity contribution in [1.29, 1.82) is 0 Å². The maximum atomic E-state index is 13.5. The molecule has 0 spiro atoms. The van der Waals surface area contributed by atoms with Crippen LogP contribution in [-0.2, 0) is 9.53 Å². The molecule has 0 amide bonds. The summed E-state index contributed by atoms with van der Waals surface area (Å²) in [6.07, 6.45) is 1.90. The third-order valence-corrected chi connectivity index (χ3v) is 7.06. The lowest BCUT2D eigenvalue weighted by atomic mass is 9.96. The summed E-state index contributed by atoms with van der Waals surface area (Å²) in [4.78, 5) is 32.5. The molecule has 160 valence electrons. The molecule has 0 bridgehead atoms. The first-order valence-corrected chi connectivity index (χ1v) is 11.5. The summed E-state index contributed by atoms with van der Waals surface area (Å²) in [7, 11) is 1.60. The third-order valence-electron chi connectivity index (χ3n) is 5.11. The highest BCUT2D eigenvalue weighted by Gasteiger charge is 2.33. The van der Waals surface area contributed by atoms with E-state index in [1.807, 2.05) is 48.7 Å². The van der Waals surface area contributed by atoms with Gasteiger partial charge in [0.1, 0.15) is 5.75 Å². The average Bonchev–Trinajstić information content (AvgIpc) is 3.30. The van der Waals surface area contributed by atoms with Crippen LogP contribution in [-0.4, -0.2) is 24.3 Å². The Morgan fingerprint density at radius 3 is 2.58 bits per heavy atom. The maximum absolute atomic E-state index is 13.5. The molecule has 0 fully saturated rings. The number of benzene rings is 1. The SMILES string of the molecule is CCOC(=O)C1=C(C)N=c2s/c(=C/c3sccc3C)c(=O)n2[C@@H]1c1ccc(OC)cc1. The van der Waals surface area contributed by atoms with Gasteiger partial charge in [-0.1, -0.05) is 23.5 Å². The average molecular weight is 455 g/mol. The standard InChI is InChI=1S/C23H22N2O4S2/c1-5-29-22(27)19-14(3)24-23-25(20(19)15-6-8-16(28-4)9-7-15)21(26)18(31-23)12-17-13(2)10-11-30-17/h6-12,20H,5H2,1-4H3/b18-12+/t20-/m1/s1. The predicted octanol–water partition coefficient (Wildman–Crippen LogP) is 3.18. The number of aromatic nitrogens is 1. The second kappa shape index (κ2) is 8.64. The Balaban J connectivity index is 1.96. The fraction of sp³-hybridized carbons (Fsp3) is 0.261. The molecule has 0 saturated carbocycles.